The van der Waals surface area contributed by atoms with Crippen molar-refractivity contribution in [3.05, 3.63) is 108 Å². The maximum Gasteiger partial charge on any atom is 0.273 e. The highest BCUT2D eigenvalue weighted by atomic mass is 19.1. The molecule has 2 aromatic heterocycles. The second kappa shape index (κ2) is 11.1. The van der Waals surface area contributed by atoms with Crippen LogP contribution in [0.15, 0.2) is 85.1 Å². The zero-order valence-electron chi connectivity index (χ0n) is 22.5. The predicted octanol–water partition coefficient (Wildman–Crippen LogP) is 4.27. The molecule has 5 aromatic rings. The molecule has 5 rings (SSSR count). The molecular weight excluding hydrogens is 509 g/mol. The van der Waals surface area contributed by atoms with Gasteiger partial charge >= 0.3 is 0 Å². The number of rotatable bonds is 8. The molecule has 3 aromatic carbocycles. The van der Waals surface area contributed by atoms with Gasteiger partial charge in [0.1, 0.15) is 17.6 Å². The Balaban J connectivity index is 1.32. The predicted molar refractivity (Wildman–Crippen MR) is 149 cm³/mol. The first-order valence-electron chi connectivity index (χ1n) is 12.9. The molecule has 0 aliphatic rings. The summed E-state index contributed by atoms with van der Waals surface area (Å²) < 4.78 is 15.1. The zero-order chi connectivity index (χ0) is 28.3. The van der Waals surface area contributed by atoms with Crippen molar-refractivity contribution in [2.75, 3.05) is 0 Å². The first-order valence-corrected chi connectivity index (χ1v) is 12.9. The highest BCUT2D eigenvalue weighted by Gasteiger charge is 2.34. The van der Waals surface area contributed by atoms with Crippen LogP contribution in [0, 0.1) is 11.2 Å². The van der Waals surface area contributed by atoms with Crippen LogP contribution in [0.4, 0.5) is 4.39 Å². The van der Waals surface area contributed by atoms with Gasteiger partial charge in [0.05, 0.1) is 30.5 Å². The summed E-state index contributed by atoms with van der Waals surface area (Å²) in [5.41, 5.74) is 2.62. The van der Waals surface area contributed by atoms with E-state index in [1.165, 1.54) is 16.9 Å². The van der Waals surface area contributed by atoms with Crippen LogP contribution in [0.3, 0.4) is 0 Å². The third-order valence-corrected chi connectivity index (χ3v) is 6.49. The lowest BCUT2D eigenvalue weighted by molar-refractivity contribution is -0.125. The summed E-state index contributed by atoms with van der Waals surface area (Å²) in [4.78, 5) is 28.3. The molecule has 9 nitrogen and oxygen atoms in total. The van der Waals surface area contributed by atoms with Gasteiger partial charge in [-0.3, -0.25) is 14.3 Å². The van der Waals surface area contributed by atoms with E-state index in [1.54, 1.807) is 23.0 Å². The molecule has 0 saturated heterocycles. The third-order valence-electron chi connectivity index (χ3n) is 6.49. The number of amides is 2. The van der Waals surface area contributed by atoms with E-state index in [4.69, 9.17) is 0 Å². The molecule has 40 heavy (non-hydrogen) atoms. The molecule has 0 fully saturated rings. The van der Waals surface area contributed by atoms with E-state index in [0.29, 0.717) is 17.6 Å². The molecule has 0 radical (unpaired) electrons. The summed E-state index contributed by atoms with van der Waals surface area (Å²) >= 11 is 0. The lowest BCUT2D eigenvalue weighted by atomic mass is 9.86. The number of para-hydroxylation sites is 2. The fraction of sp³-hybridized carbons (Fsp3) is 0.233. The summed E-state index contributed by atoms with van der Waals surface area (Å²) in [7, 11) is 0. The number of hydrogen-bond acceptors (Lipinski definition) is 5. The van der Waals surface area contributed by atoms with E-state index in [-0.39, 0.29) is 24.0 Å². The third kappa shape index (κ3) is 5.90. The fourth-order valence-corrected chi connectivity index (χ4v) is 4.39. The number of fused-ring (bicyclic) bond motifs is 1. The number of benzene rings is 3. The lowest BCUT2D eigenvalue weighted by Crippen LogP contribution is -2.53. The Hall–Kier alpha value is -4.86. The van der Waals surface area contributed by atoms with Gasteiger partial charge in [0.2, 0.25) is 5.91 Å². The normalized spacial score (nSPS) is 12.3. The van der Waals surface area contributed by atoms with Crippen LogP contribution < -0.4 is 10.6 Å². The van der Waals surface area contributed by atoms with Crippen LogP contribution in [-0.2, 0) is 17.9 Å². The minimum atomic E-state index is -0.842. The zero-order valence-corrected chi connectivity index (χ0v) is 22.5. The summed E-state index contributed by atoms with van der Waals surface area (Å²) in [5.74, 6) is -1.12. The number of aromatic nitrogens is 5. The van der Waals surface area contributed by atoms with Crippen LogP contribution in [-0.4, -0.2) is 42.6 Å². The van der Waals surface area contributed by atoms with Crippen LogP contribution in [0.5, 0.6) is 0 Å². The Morgan fingerprint density at radius 3 is 2.35 bits per heavy atom. The first kappa shape index (κ1) is 26.7. The van der Waals surface area contributed by atoms with Crippen molar-refractivity contribution in [3.8, 4) is 5.69 Å². The highest BCUT2D eigenvalue weighted by Crippen LogP contribution is 2.23. The van der Waals surface area contributed by atoms with E-state index in [9.17, 15) is 14.0 Å². The van der Waals surface area contributed by atoms with E-state index < -0.39 is 17.4 Å². The molecule has 2 N–H and O–H groups in total. The molecule has 10 heteroatoms. The molecule has 0 aliphatic carbocycles. The SMILES string of the molecule is CC(C)(C)[C@H](NC(=O)c1nn(Cc2ccc(F)cc2)c2ccccc12)C(=O)NCc1cnn(-c2ccccc2)n1. The van der Waals surface area contributed by atoms with Crippen molar-refractivity contribution >= 4 is 22.7 Å². The van der Waals surface area contributed by atoms with E-state index >= 15 is 0 Å². The van der Waals surface area contributed by atoms with Gasteiger partial charge in [-0.15, -0.1) is 0 Å². The smallest absolute Gasteiger partial charge is 0.273 e. The number of nitrogens with zero attached hydrogens (tertiary/aromatic N) is 5. The number of carbonyl (C=O) groups excluding carboxylic acids is 2. The van der Waals surface area contributed by atoms with Crippen LogP contribution in [0.25, 0.3) is 16.6 Å². The summed E-state index contributed by atoms with van der Waals surface area (Å²) in [6.07, 6.45) is 1.60. The van der Waals surface area contributed by atoms with Gasteiger partial charge in [-0.05, 0) is 41.3 Å². The Morgan fingerprint density at radius 2 is 1.62 bits per heavy atom. The second-order valence-electron chi connectivity index (χ2n) is 10.6. The van der Waals surface area contributed by atoms with E-state index in [0.717, 1.165) is 16.8 Å². The Morgan fingerprint density at radius 1 is 0.925 bits per heavy atom. The molecular formula is C30H30FN7O2. The Bertz CT molecular complexity index is 1640. The average Bonchev–Trinajstić information content (AvgIpc) is 3.57. The van der Waals surface area contributed by atoms with Crippen molar-refractivity contribution in [1.29, 1.82) is 0 Å². The molecule has 0 unspecified atom stereocenters. The largest absolute Gasteiger partial charge is 0.349 e. The van der Waals surface area contributed by atoms with Crippen molar-refractivity contribution in [2.45, 2.75) is 39.9 Å². The lowest BCUT2D eigenvalue weighted by Gasteiger charge is -2.30. The molecule has 0 spiro atoms. The highest BCUT2D eigenvalue weighted by molar-refractivity contribution is 6.06. The molecule has 2 amide bonds. The molecule has 0 bridgehead atoms. The minimum Gasteiger partial charge on any atom is -0.349 e. The maximum atomic E-state index is 13.5. The summed E-state index contributed by atoms with van der Waals surface area (Å²) in [5, 5.41) is 19.7. The summed E-state index contributed by atoms with van der Waals surface area (Å²) in [6.45, 7) is 6.17. The molecule has 2 heterocycles. The Labute approximate surface area is 231 Å². The standard InChI is InChI=1S/C30H30FN7O2/c1-30(2,3)27(29(40)32-17-22-18-33-38(35-22)23-9-5-4-6-10-23)34-28(39)26-24-11-7-8-12-25(24)37(36-26)19-20-13-15-21(31)16-14-20/h4-16,18,27H,17,19H2,1-3H3,(H,32,40)(H,34,39)/t27-/m1/s1. The number of carbonyl (C=O) groups is 2. The minimum absolute atomic E-state index is 0.156. The van der Waals surface area contributed by atoms with Crippen molar-refractivity contribution in [2.24, 2.45) is 5.41 Å². The fourth-order valence-electron chi connectivity index (χ4n) is 4.39. The van der Waals surface area contributed by atoms with Crippen molar-refractivity contribution < 1.29 is 14.0 Å². The van der Waals surface area contributed by atoms with Gasteiger partial charge in [-0.1, -0.05) is 69.3 Å². The number of hydrogen-bond donors (Lipinski definition) is 2. The van der Waals surface area contributed by atoms with E-state index in [1.807, 2.05) is 75.4 Å². The van der Waals surface area contributed by atoms with Gasteiger partial charge in [-0.25, -0.2) is 4.39 Å². The first-order chi connectivity index (χ1) is 19.2. The van der Waals surface area contributed by atoms with Gasteiger partial charge in [-0.2, -0.15) is 20.1 Å². The number of nitrogens with one attached hydrogen (secondary N) is 2. The van der Waals surface area contributed by atoms with Gasteiger partial charge in [0.25, 0.3) is 5.91 Å². The second-order valence-corrected chi connectivity index (χ2v) is 10.6. The van der Waals surface area contributed by atoms with Gasteiger partial charge in [0, 0.05) is 5.39 Å². The average molecular weight is 540 g/mol. The molecule has 0 saturated carbocycles. The summed E-state index contributed by atoms with van der Waals surface area (Å²) in [6, 6.07) is 22.2. The topological polar surface area (TPSA) is 107 Å². The molecule has 0 aliphatic heterocycles. The van der Waals surface area contributed by atoms with Gasteiger partial charge in [0.15, 0.2) is 5.69 Å². The van der Waals surface area contributed by atoms with Crippen LogP contribution in [0.2, 0.25) is 0 Å². The van der Waals surface area contributed by atoms with Gasteiger partial charge < -0.3 is 10.6 Å². The number of halogens is 1. The van der Waals surface area contributed by atoms with E-state index in [2.05, 4.69) is 25.9 Å². The quantitative estimate of drug-likeness (QED) is 0.306. The van der Waals surface area contributed by atoms with Crippen LogP contribution >= 0.6 is 0 Å². The maximum absolute atomic E-state index is 13.5. The van der Waals surface area contributed by atoms with Crippen LogP contribution in [0.1, 0.15) is 42.5 Å². The molecule has 204 valence electrons. The monoisotopic (exact) mass is 539 g/mol. The van der Waals surface area contributed by atoms with Crippen molar-refractivity contribution in [1.82, 2.24) is 35.4 Å². The Kier molecular flexibility index (Phi) is 7.41. The van der Waals surface area contributed by atoms with Crippen molar-refractivity contribution in [3.63, 3.8) is 0 Å². The molecule has 1 atom stereocenters.